The zero-order valence-corrected chi connectivity index (χ0v) is 15.9. The van der Waals surface area contributed by atoms with Gasteiger partial charge in [0.05, 0.1) is 6.54 Å². The number of rotatable bonds is 8. The molecule has 0 radical (unpaired) electrons. The van der Waals surface area contributed by atoms with Gasteiger partial charge in [0.2, 0.25) is 5.91 Å². The van der Waals surface area contributed by atoms with E-state index < -0.39 is 5.76 Å². The van der Waals surface area contributed by atoms with Gasteiger partial charge in [0, 0.05) is 16.3 Å². The highest BCUT2D eigenvalue weighted by Gasteiger charge is 2.08. The van der Waals surface area contributed by atoms with Crippen molar-refractivity contribution in [3.63, 3.8) is 0 Å². The molecule has 0 aromatic heterocycles. The molecule has 0 unspecified atom stereocenters. The van der Waals surface area contributed by atoms with Gasteiger partial charge in [-0.05, 0) is 47.9 Å². The number of nitrogens with one attached hydrogen (secondary N) is 2. The molecule has 3 aromatic rings. The summed E-state index contributed by atoms with van der Waals surface area (Å²) in [6.45, 7) is 0.0843. The van der Waals surface area contributed by atoms with Gasteiger partial charge in [-0.15, -0.1) is 0 Å². The molecule has 0 fully saturated rings. The Morgan fingerprint density at radius 3 is 2.29 bits per heavy atom. The lowest BCUT2D eigenvalue weighted by Gasteiger charge is -2.12. The zero-order valence-electron chi connectivity index (χ0n) is 15.1. The van der Waals surface area contributed by atoms with E-state index in [1.165, 1.54) is 5.56 Å². The van der Waals surface area contributed by atoms with Crippen molar-refractivity contribution in [2.45, 2.75) is 17.1 Å². The fraction of sp³-hybridized carbons (Fsp3) is 0.136. The smallest absolute Gasteiger partial charge is 0.288 e. The summed E-state index contributed by atoms with van der Waals surface area (Å²) in [5.74, 6) is -2.62. The fourth-order valence-electron chi connectivity index (χ4n) is 2.74. The summed E-state index contributed by atoms with van der Waals surface area (Å²) in [6, 6.07) is 24.3. The van der Waals surface area contributed by atoms with E-state index in [-0.39, 0.29) is 12.5 Å². The minimum Gasteiger partial charge on any atom is -0.376 e. The van der Waals surface area contributed by atoms with Crippen molar-refractivity contribution >= 4 is 29.0 Å². The largest absolute Gasteiger partial charge is 0.376 e. The molecular weight excluding hydrogens is 378 g/mol. The van der Waals surface area contributed by atoms with Crippen LogP contribution in [0.4, 0.5) is 20.2 Å². The van der Waals surface area contributed by atoms with Gasteiger partial charge >= 0.3 is 0 Å². The highest BCUT2D eigenvalue weighted by atomic mass is 32.2. The second-order valence-corrected chi connectivity index (χ2v) is 7.19. The number of thioether (sulfide) groups is 1. The van der Waals surface area contributed by atoms with Crippen LogP contribution in [-0.2, 0) is 11.2 Å². The number of hydrogen-bond donors (Lipinski definition) is 2. The Morgan fingerprint density at radius 1 is 0.893 bits per heavy atom. The Labute approximate surface area is 167 Å². The minimum absolute atomic E-state index is 0.0843. The van der Waals surface area contributed by atoms with Gasteiger partial charge < -0.3 is 10.6 Å². The van der Waals surface area contributed by atoms with E-state index in [1.807, 2.05) is 42.5 Å². The first-order chi connectivity index (χ1) is 13.6. The Kier molecular flexibility index (Phi) is 7.03. The van der Waals surface area contributed by atoms with Crippen LogP contribution >= 0.6 is 11.8 Å². The van der Waals surface area contributed by atoms with Crippen LogP contribution in [0.25, 0.3) is 0 Å². The number of carbonyl (C=O) groups excluding carboxylic acids is 1. The van der Waals surface area contributed by atoms with Crippen LogP contribution in [0.1, 0.15) is 11.1 Å². The highest BCUT2D eigenvalue weighted by Crippen LogP contribution is 2.26. The number of amides is 1. The van der Waals surface area contributed by atoms with Gasteiger partial charge in [0.15, 0.2) is 0 Å². The molecule has 6 heteroatoms. The van der Waals surface area contributed by atoms with Crippen LogP contribution < -0.4 is 10.6 Å². The van der Waals surface area contributed by atoms with E-state index in [1.54, 1.807) is 24.3 Å². The van der Waals surface area contributed by atoms with E-state index in [4.69, 9.17) is 0 Å². The molecule has 0 atom stereocenters. The predicted molar refractivity (Wildman–Crippen MR) is 111 cm³/mol. The van der Waals surface area contributed by atoms with Crippen molar-refractivity contribution in [3.05, 3.63) is 90.0 Å². The average molecular weight is 398 g/mol. The maximum absolute atomic E-state index is 12.3. The van der Waals surface area contributed by atoms with E-state index in [2.05, 4.69) is 22.8 Å². The van der Waals surface area contributed by atoms with Crippen molar-refractivity contribution in [2.75, 3.05) is 17.2 Å². The molecule has 1 amide bonds. The summed E-state index contributed by atoms with van der Waals surface area (Å²) in [6.07, 6.45) is 0.730. The van der Waals surface area contributed by atoms with Crippen LogP contribution in [0, 0.1) is 0 Å². The third kappa shape index (κ3) is 6.09. The molecule has 0 aliphatic heterocycles. The normalized spacial score (nSPS) is 10.7. The van der Waals surface area contributed by atoms with E-state index in [9.17, 15) is 13.6 Å². The summed E-state index contributed by atoms with van der Waals surface area (Å²) in [7, 11) is 0. The van der Waals surface area contributed by atoms with Crippen LogP contribution in [0.5, 0.6) is 0 Å². The van der Waals surface area contributed by atoms with Crippen molar-refractivity contribution in [1.29, 1.82) is 0 Å². The van der Waals surface area contributed by atoms with E-state index in [0.717, 1.165) is 17.7 Å². The number of alkyl halides is 2. The Balaban J connectivity index is 1.56. The lowest BCUT2D eigenvalue weighted by Crippen LogP contribution is -2.22. The molecule has 0 aliphatic rings. The molecule has 0 heterocycles. The first-order valence-corrected chi connectivity index (χ1v) is 9.68. The number of halogens is 2. The molecule has 0 aliphatic carbocycles. The number of carbonyl (C=O) groups is 1. The Bertz CT molecular complexity index is 902. The number of anilines is 2. The van der Waals surface area contributed by atoms with Gasteiger partial charge in [-0.3, -0.25) is 4.79 Å². The van der Waals surface area contributed by atoms with Gasteiger partial charge in [-0.2, -0.15) is 8.78 Å². The number of benzene rings is 3. The van der Waals surface area contributed by atoms with Crippen molar-refractivity contribution in [2.24, 2.45) is 0 Å². The molecular formula is C22H20F2N2OS. The first-order valence-electron chi connectivity index (χ1n) is 8.80. The maximum Gasteiger partial charge on any atom is 0.288 e. The number of hydrogen-bond acceptors (Lipinski definition) is 3. The molecule has 3 nitrogen and oxygen atoms in total. The third-order valence-electron chi connectivity index (χ3n) is 4.06. The molecule has 28 heavy (non-hydrogen) atoms. The second kappa shape index (κ2) is 9.90. The molecule has 3 rings (SSSR count). The SMILES string of the molecule is O=C(CNc1ccc(SC(F)F)cc1)Nc1ccccc1Cc1ccccc1. The summed E-state index contributed by atoms with van der Waals surface area (Å²) >= 11 is 0.495. The van der Waals surface area contributed by atoms with E-state index >= 15 is 0 Å². The second-order valence-electron chi connectivity index (χ2n) is 6.12. The summed E-state index contributed by atoms with van der Waals surface area (Å²) < 4.78 is 24.7. The van der Waals surface area contributed by atoms with Crippen LogP contribution in [0.3, 0.4) is 0 Å². The molecule has 144 valence electrons. The maximum atomic E-state index is 12.3. The molecule has 0 saturated heterocycles. The third-order valence-corrected chi connectivity index (χ3v) is 4.78. The predicted octanol–water partition coefficient (Wildman–Crippen LogP) is 5.64. The standard InChI is InChI=1S/C22H20F2N2OS/c23-22(24)28-19-12-10-18(11-13-19)25-15-21(27)26-20-9-5-4-8-17(20)14-16-6-2-1-3-7-16/h1-13,22,25H,14-15H2,(H,26,27). The highest BCUT2D eigenvalue weighted by molar-refractivity contribution is 7.99. The summed E-state index contributed by atoms with van der Waals surface area (Å²) in [4.78, 5) is 12.8. The van der Waals surface area contributed by atoms with Gasteiger partial charge in [0.1, 0.15) is 0 Å². The summed E-state index contributed by atoms with van der Waals surface area (Å²) in [5.41, 5.74) is 3.69. The van der Waals surface area contributed by atoms with Crippen LogP contribution in [0.15, 0.2) is 83.8 Å². The van der Waals surface area contributed by atoms with Crippen molar-refractivity contribution in [3.8, 4) is 0 Å². The molecule has 0 bridgehead atoms. The molecule has 0 saturated carbocycles. The fourth-order valence-corrected chi connectivity index (χ4v) is 3.24. The first kappa shape index (κ1) is 19.9. The zero-order chi connectivity index (χ0) is 19.8. The van der Waals surface area contributed by atoms with Crippen molar-refractivity contribution < 1.29 is 13.6 Å². The number of para-hydroxylation sites is 1. The Hall–Kier alpha value is -2.86. The monoisotopic (exact) mass is 398 g/mol. The van der Waals surface area contributed by atoms with Crippen LogP contribution in [0.2, 0.25) is 0 Å². The molecule has 2 N–H and O–H groups in total. The lowest BCUT2D eigenvalue weighted by atomic mass is 10.0. The molecule has 0 spiro atoms. The van der Waals surface area contributed by atoms with Crippen molar-refractivity contribution in [1.82, 2.24) is 0 Å². The topological polar surface area (TPSA) is 41.1 Å². The summed E-state index contributed by atoms with van der Waals surface area (Å²) in [5, 5.41) is 5.94. The average Bonchev–Trinajstić information content (AvgIpc) is 2.69. The van der Waals surface area contributed by atoms with E-state index in [0.29, 0.717) is 22.3 Å². The van der Waals surface area contributed by atoms with Gasteiger partial charge in [0.25, 0.3) is 5.76 Å². The van der Waals surface area contributed by atoms with Gasteiger partial charge in [-0.25, -0.2) is 0 Å². The Morgan fingerprint density at radius 2 is 1.57 bits per heavy atom. The van der Waals surface area contributed by atoms with Gasteiger partial charge in [-0.1, -0.05) is 60.3 Å². The quantitative estimate of drug-likeness (QED) is 0.482. The minimum atomic E-state index is -2.44. The van der Waals surface area contributed by atoms with Crippen LogP contribution in [-0.4, -0.2) is 18.2 Å². The molecule has 3 aromatic carbocycles. The lowest BCUT2D eigenvalue weighted by molar-refractivity contribution is -0.114.